The maximum Gasteiger partial charge on any atom is 0.267 e. The van der Waals surface area contributed by atoms with Crippen LogP contribution in [-0.2, 0) is 4.79 Å². The van der Waals surface area contributed by atoms with Gasteiger partial charge in [-0.25, -0.2) is 4.98 Å². The lowest BCUT2D eigenvalue weighted by Crippen LogP contribution is -2.14. The van der Waals surface area contributed by atoms with Crippen LogP contribution >= 0.6 is 0 Å². The number of amides is 1. The van der Waals surface area contributed by atoms with Crippen LogP contribution in [0.1, 0.15) is 5.56 Å². The van der Waals surface area contributed by atoms with E-state index in [2.05, 4.69) is 15.6 Å². The molecule has 2 N–H and O–H groups in total. The van der Waals surface area contributed by atoms with E-state index in [9.17, 15) is 4.79 Å². The van der Waals surface area contributed by atoms with Crippen LogP contribution in [0.5, 0.6) is 5.75 Å². The average Bonchev–Trinajstić information content (AvgIpc) is 2.56. The second-order valence-electron chi connectivity index (χ2n) is 4.72. The van der Waals surface area contributed by atoms with Crippen LogP contribution in [0.25, 0.3) is 0 Å². The summed E-state index contributed by atoms with van der Waals surface area (Å²) in [7, 11) is 1.56. The minimum absolute atomic E-state index is 0.0517. The fourth-order valence-corrected chi connectivity index (χ4v) is 1.78. The van der Waals surface area contributed by atoms with Crippen LogP contribution in [0.2, 0.25) is 0 Å². The Hall–Kier alpha value is -3.33. The van der Waals surface area contributed by atoms with E-state index in [1.165, 1.54) is 6.20 Å². The summed E-state index contributed by atoms with van der Waals surface area (Å²) in [5, 5.41) is 14.6. The Kier molecular flexibility index (Phi) is 5.31. The van der Waals surface area contributed by atoms with E-state index in [4.69, 9.17) is 10.00 Å². The average molecular weight is 308 g/mol. The quantitative estimate of drug-likeness (QED) is 0.655. The van der Waals surface area contributed by atoms with Crippen LogP contribution in [0.3, 0.4) is 0 Å². The highest BCUT2D eigenvalue weighted by Crippen LogP contribution is 2.15. The number of carbonyl (C=O) groups is 1. The number of pyridine rings is 1. The number of hydrogen-bond acceptors (Lipinski definition) is 5. The van der Waals surface area contributed by atoms with Gasteiger partial charge < -0.3 is 15.4 Å². The predicted octanol–water partition coefficient (Wildman–Crippen LogP) is 2.86. The fraction of sp³-hybridized carbons (Fsp3) is 0.118. The minimum Gasteiger partial charge on any atom is -0.497 e. The van der Waals surface area contributed by atoms with Crippen molar-refractivity contribution >= 4 is 17.4 Å². The molecule has 0 aliphatic carbocycles. The molecule has 0 saturated heterocycles. The third-order valence-corrected chi connectivity index (χ3v) is 2.99. The molecule has 0 aliphatic heterocycles. The van der Waals surface area contributed by atoms with Gasteiger partial charge in [0.25, 0.3) is 5.91 Å². The Bertz CT molecular complexity index is 761. The van der Waals surface area contributed by atoms with E-state index in [0.29, 0.717) is 17.3 Å². The van der Waals surface area contributed by atoms with Crippen molar-refractivity contribution in [2.75, 3.05) is 17.7 Å². The molecule has 1 heterocycles. The first kappa shape index (κ1) is 16.0. The van der Waals surface area contributed by atoms with Crippen molar-refractivity contribution in [2.24, 2.45) is 0 Å². The number of carbonyl (C=O) groups excluding carboxylic acids is 1. The lowest BCUT2D eigenvalue weighted by atomic mass is 10.2. The highest BCUT2D eigenvalue weighted by atomic mass is 16.5. The fourth-order valence-electron chi connectivity index (χ4n) is 1.78. The number of nitrogens with zero attached hydrogens (tertiary/aromatic N) is 2. The zero-order chi connectivity index (χ0) is 16.7. The molecule has 0 spiro atoms. The van der Waals surface area contributed by atoms with Gasteiger partial charge in [0.15, 0.2) is 0 Å². The number of benzene rings is 1. The molecular formula is C17H16N4O2. The molecule has 0 fully saturated rings. The Labute approximate surface area is 134 Å². The lowest BCUT2D eigenvalue weighted by Gasteiger charge is -2.06. The largest absolute Gasteiger partial charge is 0.497 e. The van der Waals surface area contributed by atoms with Gasteiger partial charge in [0.05, 0.1) is 7.11 Å². The van der Waals surface area contributed by atoms with Crippen molar-refractivity contribution in [1.82, 2.24) is 4.98 Å². The van der Waals surface area contributed by atoms with Gasteiger partial charge in [0, 0.05) is 18.1 Å². The number of aryl methyl sites for hydroxylation is 1. The Morgan fingerprint density at radius 2 is 2.04 bits per heavy atom. The Morgan fingerprint density at radius 3 is 2.65 bits per heavy atom. The van der Waals surface area contributed by atoms with Crippen molar-refractivity contribution in [3.8, 4) is 11.8 Å². The van der Waals surface area contributed by atoms with E-state index in [-0.39, 0.29) is 5.57 Å². The van der Waals surface area contributed by atoms with Gasteiger partial charge in [-0.05, 0) is 48.9 Å². The SMILES string of the molecule is COc1ccc(NC(=O)/C(C#N)=C\Nc2cc(C)ccn2)cc1. The first-order valence-corrected chi connectivity index (χ1v) is 6.87. The number of aromatic nitrogens is 1. The van der Waals surface area contributed by atoms with Crippen molar-refractivity contribution < 1.29 is 9.53 Å². The maximum atomic E-state index is 12.1. The molecule has 0 aliphatic rings. The van der Waals surface area contributed by atoms with Crippen LogP contribution in [-0.4, -0.2) is 18.0 Å². The van der Waals surface area contributed by atoms with Crippen LogP contribution in [0.4, 0.5) is 11.5 Å². The molecule has 23 heavy (non-hydrogen) atoms. The van der Waals surface area contributed by atoms with Gasteiger partial charge in [-0.1, -0.05) is 0 Å². The highest BCUT2D eigenvalue weighted by molar-refractivity contribution is 6.06. The van der Waals surface area contributed by atoms with Crippen LogP contribution in [0.15, 0.2) is 54.4 Å². The number of anilines is 2. The molecule has 0 bridgehead atoms. The van der Waals surface area contributed by atoms with Crippen LogP contribution in [0, 0.1) is 18.3 Å². The maximum absolute atomic E-state index is 12.1. The number of hydrogen-bond donors (Lipinski definition) is 2. The number of methoxy groups -OCH3 is 1. The molecule has 6 heteroatoms. The molecule has 0 radical (unpaired) electrons. The third kappa shape index (κ3) is 4.58. The smallest absolute Gasteiger partial charge is 0.267 e. The molecule has 2 rings (SSSR count). The molecule has 0 unspecified atom stereocenters. The zero-order valence-corrected chi connectivity index (χ0v) is 12.8. The number of nitriles is 1. The lowest BCUT2D eigenvalue weighted by molar-refractivity contribution is -0.112. The standard InChI is InChI=1S/C17H16N4O2/c1-12-7-8-19-16(9-12)20-11-13(10-18)17(22)21-14-3-5-15(23-2)6-4-14/h3-9,11H,1-2H3,(H,19,20)(H,21,22)/b13-11-. The summed E-state index contributed by atoms with van der Waals surface area (Å²) < 4.78 is 5.05. The number of nitrogens with one attached hydrogen (secondary N) is 2. The molecule has 2 aromatic rings. The van der Waals surface area contributed by atoms with Gasteiger partial charge in [-0.3, -0.25) is 4.79 Å². The van der Waals surface area contributed by atoms with E-state index < -0.39 is 5.91 Å². The minimum atomic E-state index is -0.502. The molecule has 116 valence electrons. The van der Waals surface area contributed by atoms with E-state index >= 15 is 0 Å². The van der Waals surface area contributed by atoms with Crippen molar-refractivity contribution in [3.63, 3.8) is 0 Å². The summed E-state index contributed by atoms with van der Waals surface area (Å²) >= 11 is 0. The first-order valence-electron chi connectivity index (χ1n) is 6.87. The van der Waals surface area contributed by atoms with Crippen molar-refractivity contribution in [3.05, 3.63) is 59.9 Å². The molecular weight excluding hydrogens is 292 g/mol. The van der Waals surface area contributed by atoms with E-state index in [1.54, 1.807) is 37.6 Å². The molecule has 1 aromatic carbocycles. The molecule has 1 aromatic heterocycles. The van der Waals surface area contributed by atoms with Gasteiger partial charge in [0.2, 0.25) is 0 Å². The topological polar surface area (TPSA) is 87.0 Å². The number of rotatable bonds is 5. The second-order valence-corrected chi connectivity index (χ2v) is 4.72. The second kappa shape index (κ2) is 7.61. The zero-order valence-electron chi connectivity index (χ0n) is 12.8. The third-order valence-electron chi connectivity index (χ3n) is 2.99. The highest BCUT2D eigenvalue weighted by Gasteiger charge is 2.09. The molecule has 0 atom stereocenters. The van der Waals surface area contributed by atoms with Gasteiger partial charge in [-0.15, -0.1) is 0 Å². The molecule has 6 nitrogen and oxygen atoms in total. The summed E-state index contributed by atoms with van der Waals surface area (Å²) in [4.78, 5) is 16.2. The summed E-state index contributed by atoms with van der Waals surface area (Å²) in [5.74, 6) is 0.749. The first-order chi connectivity index (χ1) is 11.1. The molecule has 1 amide bonds. The van der Waals surface area contributed by atoms with Crippen molar-refractivity contribution in [1.29, 1.82) is 5.26 Å². The summed E-state index contributed by atoms with van der Waals surface area (Å²) in [6.45, 7) is 1.93. The Balaban J connectivity index is 2.05. The monoisotopic (exact) mass is 308 g/mol. The summed E-state index contributed by atoms with van der Waals surface area (Å²) in [6, 6.07) is 12.4. The van der Waals surface area contributed by atoms with Gasteiger partial charge in [-0.2, -0.15) is 5.26 Å². The van der Waals surface area contributed by atoms with E-state index in [1.807, 2.05) is 25.1 Å². The predicted molar refractivity (Wildman–Crippen MR) is 87.9 cm³/mol. The van der Waals surface area contributed by atoms with Crippen molar-refractivity contribution in [2.45, 2.75) is 6.92 Å². The van der Waals surface area contributed by atoms with Crippen LogP contribution < -0.4 is 15.4 Å². The van der Waals surface area contributed by atoms with Gasteiger partial charge in [0.1, 0.15) is 23.2 Å². The molecule has 0 saturated carbocycles. The Morgan fingerprint density at radius 1 is 1.30 bits per heavy atom. The summed E-state index contributed by atoms with van der Waals surface area (Å²) in [6.07, 6.45) is 2.98. The number of ether oxygens (including phenoxy) is 1. The normalized spacial score (nSPS) is 10.6. The van der Waals surface area contributed by atoms with Gasteiger partial charge >= 0.3 is 0 Å². The van der Waals surface area contributed by atoms with E-state index in [0.717, 1.165) is 5.56 Å². The summed E-state index contributed by atoms with van der Waals surface area (Å²) in [5.41, 5.74) is 1.55.